The Morgan fingerprint density at radius 2 is 1.71 bits per heavy atom. The first kappa shape index (κ1) is 3.53. The van der Waals surface area contributed by atoms with Crippen LogP contribution in [0.5, 0.6) is 0 Å². The van der Waals surface area contributed by atoms with Gasteiger partial charge in [-0.3, -0.25) is 0 Å². The zero-order valence-corrected chi connectivity index (χ0v) is 6.59. The number of nitrogens with one attached hydrogen (secondary N) is 1. The number of H-pyrrole nitrogens is 1. The number of hydrogen-bond donors (Lipinski definition) is 1. The second-order valence-corrected chi connectivity index (χ2v) is 0.625. The molecule has 0 saturated heterocycles. The van der Waals surface area contributed by atoms with Crippen LogP contribution in [0.1, 0.15) is 5.48 Å². The maximum atomic E-state index is 6.94. The molecule has 0 aromatic carbocycles. The Morgan fingerprint density at radius 1 is 1.29 bits per heavy atom. The fourth-order valence-electron chi connectivity index (χ4n) is 0.156. The van der Waals surface area contributed by atoms with E-state index in [0.29, 0.717) is 0 Å². The minimum absolute atomic E-state index is 0. The molecule has 0 saturated carbocycles. The molecule has 3 heteroatoms. The van der Waals surface area contributed by atoms with Crippen molar-refractivity contribution in [3.8, 4) is 0 Å². The second-order valence-electron chi connectivity index (χ2n) is 0.625. The zero-order chi connectivity index (χ0) is 7.02. The number of rotatable bonds is 0. The smallest absolute Gasteiger partial charge is 1.00 e. The molecular formula is C4H5BrMgN+. The molecule has 0 fully saturated rings. The Hall–Kier alpha value is 0.526. The molecule has 0 unspecified atom stereocenters. The summed E-state index contributed by atoms with van der Waals surface area (Å²) in [6.07, 6.45) is -0.324. The topological polar surface area (TPSA) is 15.8 Å². The van der Waals surface area contributed by atoms with Crippen LogP contribution in [0.15, 0.2) is 24.4 Å². The van der Waals surface area contributed by atoms with Gasteiger partial charge in [-0.1, -0.05) is 0 Å². The van der Waals surface area contributed by atoms with E-state index in [-0.39, 0.29) is 64.5 Å². The third-order valence-corrected chi connectivity index (χ3v) is 0.312. The van der Waals surface area contributed by atoms with Crippen molar-refractivity contribution >= 4 is 23.1 Å². The van der Waals surface area contributed by atoms with Gasteiger partial charge in [0.1, 0.15) is 0 Å². The molecule has 1 aromatic rings. The van der Waals surface area contributed by atoms with Crippen LogP contribution in [-0.2, 0) is 0 Å². The number of halogens is 1. The van der Waals surface area contributed by atoms with Crippen molar-refractivity contribution in [1.82, 2.24) is 4.98 Å². The van der Waals surface area contributed by atoms with Gasteiger partial charge in [-0.15, -0.1) is 0 Å². The van der Waals surface area contributed by atoms with E-state index >= 15 is 0 Å². The minimum Gasteiger partial charge on any atom is -1.00 e. The number of aromatic nitrogens is 1. The molecule has 0 aliphatic carbocycles. The molecule has 0 atom stereocenters. The van der Waals surface area contributed by atoms with Crippen LogP contribution in [0.3, 0.4) is 0 Å². The van der Waals surface area contributed by atoms with Gasteiger partial charge in [-0.25, -0.2) is 0 Å². The summed E-state index contributed by atoms with van der Waals surface area (Å²) in [6, 6.07) is -0.417. The summed E-state index contributed by atoms with van der Waals surface area (Å²) in [5.41, 5.74) is 0. The van der Waals surface area contributed by atoms with E-state index in [1.165, 1.54) is 0 Å². The van der Waals surface area contributed by atoms with Gasteiger partial charge < -0.3 is 22.0 Å². The second kappa shape index (κ2) is 6.53. The van der Waals surface area contributed by atoms with Crippen molar-refractivity contribution in [3.05, 3.63) is 24.4 Å². The van der Waals surface area contributed by atoms with Crippen molar-refractivity contribution in [2.75, 3.05) is 0 Å². The summed E-state index contributed by atoms with van der Waals surface area (Å²) in [4.78, 5) is 2.23. The summed E-state index contributed by atoms with van der Waals surface area (Å²) < 4.78 is 27.7. The molecule has 1 N–H and O–H groups in total. The quantitative estimate of drug-likeness (QED) is 0.425. The summed E-state index contributed by atoms with van der Waals surface area (Å²) >= 11 is 0. The standard InChI is InChI=1S/C4H5N.BrH.Mg/c1-2-4-5-3-1;;/h1-5H;1H;/q;;+2/p-1/i1D,2D,3D,4D;;. The van der Waals surface area contributed by atoms with Gasteiger partial charge in [0.15, 0.2) is 0 Å². The van der Waals surface area contributed by atoms with Crippen molar-refractivity contribution in [2.45, 2.75) is 0 Å². The van der Waals surface area contributed by atoms with Gasteiger partial charge in [-0.2, -0.15) is 0 Å². The number of hydrogen-bond acceptors (Lipinski definition) is 0. The summed E-state index contributed by atoms with van der Waals surface area (Å²) in [7, 11) is 0. The first-order valence-electron chi connectivity index (χ1n) is 3.25. The predicted octanol–water partition coefficient (Wildman–Crippen LogP) is -2.36. The van der Waals surface area contributed by atoms with E-state index in [0.717, 1.165) is 0 Å². The van der Waals surface area contributed by atoms with E-state index in [9.17, 15) is 0 Å². The third-order valence-electron chi connectivity index (χ3n) is 0.312. The maximum Gasteiger partial charge on any atom is 2.00 e. The maximum absolute atomic E-state index is 6.94. The average molecular weight is 175 g/mol. The zero-order valence-electron chi connectivity index (χ0n) is 7.59. The Kier molecular flexibility index (Phi) is 3.29. The predicted molar refractivity (Wildman–Crippen MR) is 26.5 cm³/mol. The van der Waals surface area contributed by atoms with Crippen molar-refractivity contribution in [1.29, 1.82) is 0 Å². The summed E-state index contributed by atoms with van der Waals surface area (Å²) in [5, 5.41) is 0. The minimum atomic E-state index is -0.208. The summed E-state index contributed by atoms with van der Waals surface area (Å²) in [5.74, 6) is 0. The van der Waals surface area contributed by atoms with Crippen LogP contribution in [-0.4, -0.2) is 28.0 Å². The van der Waals surface area contributed by atoms with Crippen molar-refractivity contribution in [2.24, 2.45) is 0 Å². The molecule has 7 heavy (non-hydrogen) atoms. The summed E-state index contributed by atoms with van der Waals surface area (Å²) in [6.45, 7) is 0. The van der Waals surface area contributed by atoms with E-state index < -0.39 is 0 Å². The van der Waals surface area contributed by atoms with Crippen LogP contribution in [0, 0.1) is 0 Å². The Balaban J connectivity index is 0. The Morgan fingerprint density at radius 3 is 1.86 bits per heavy atom. The van der Waals surface area contributed by atoms with Crippen LogP contribution < -0.4 is 17.0 Å². The molecule has 0 aliphatic rings. The van der Waals surface area contributed by atoms with Gasteiger partial charge in [0.05, 0.1) is 5.48 Å². The Labute approximate surface area is 75.0 Å². The first-order valence-corrected chi connectivity index (χ1v) is 1.25. The first-order chi connectivity index (χ1) is 4.13. The van der Waals surface area contributed by atoms with Gasteiger partial charge >= 0.3 is 23.1 Å². The monoisotopic (exact) mass is 174 g/mol. The largest absolute Gasteiger partial charge is 2.00 e. The third kappa shape index (κ3) is 4.38. The van der Waals surface area contributed by atoms with Crippen LogP contribution in [0.4, 0.5) is 0 Å². The molecule has 0 amide bonds. The van der Waals surface area contributed by atoms with Gasteiger partial charge in [-0.05, 0) is 12.1 Å². The fraction of sp³-hybridized carbons (Fsp3) is 0. The van der Waals surface area contributed by atoms with Crippen LogP contribution >= 0.6 is 0 Å². The molecule has 0 bridgehead atoms. The fourth-order valence-corrected chi connectivity index (χ4v) is 0.156. The van der Waals surface area contributed by atoms with Gasteiger partial charge in [0.2, 0.25) is 0 Å². The number of aromatic amines is 1. The molecule has 1 rings (SSSR count). The molecule has 34 valence electrons. The average Bonchev–Trinajstić information content (AvgIpc) is 1.98. The molecule has 0 spiro atoms. The SMILES string of the molecule is [2H]c1[nH]c([2H])c([2H])c1[2H].[Br-].[Mg+2]. The normalized spacial score (nSPS) is 13.7. The van der Waals surface area contributed by atoms with Gasteiger partial charge in [0.25, 0.3) is 0 Å². The van der Waals surface area contributed by atoms with Crippen molar-refractivity contribution < 1.29 is 22.5 Å². The van der Waals surface area contributed by atoms with Crippen molar-refractivity contribution in [3.63, 3.8) is 0 Å². The van der Waals surface area contributed by atoms with Crippen LogP contribution in [0.25, 0.3) is 0 Å². The molecule has 1 nitrogen and oxygen atoms in total. The Bertz CT molecular complexity index is 216. The van der Waals surface area contributed by atoms with E-state index in [4.69, 9.17) is 5.48 Å². The van der Waals surface area contributed by atoms with Crippen LogP contribution in [0.2, 0.25) is 0 Å². The van der Waals surface area contributed by atoms with E-state index in [2.05, 4.69) is 4.98 Å². The molecule has 0 aliphatic heterocycles. The molecule has 1 heterocycles. The molecular weight excluding hydrogens is 166 g/mol. The molecule has 1 aromatic heterocycles. The van der Waals surface area contributed by atoms with E-state index in [1.807, 2.05) is 0 Å². The van der Waals surface area contributed by atoms with Gasteiger partial charge in [0, 0.05) is 12.3 Å². The van der Waals surface area contributed by atoms with E-state index in [1.54, 1.807) is 0 Å². The molecule has 0 radical (unpaired) electrons.